The number of carboxylic acids is 1. The third-order valence-corrected chi connectivity index (χ3v) is 5.79. The van der Waals surface area contributed by atoms with Crippen LogP contribution >= 0.6 is 0 Å². The van der Waals surface area contributed by atoms with E-state index in [1.54, 1.807) is 0 Å². The summed E-state index contributed by atoms with van der Waals surface area (Å²) in [6.07, 6.45) is -0.768. The Morgan fingerprint density at radius 1 is 1.03 bits per heavy atom. The summed E-state index contributed by atoms with van der Waals surface area (Å²) in [4.78, 5) is 36.5. The van der Waals surface area contributed by atoms with Crippen molar-refractivity contribution in [3.63, 3.8) is 0 Å². The lowest BCUT2D eigenvalue weighted by atomic mass is 9.98. The van der Waals surface area contributed by atoms with Crippen molar-refractivity contribution in [1.82, 2.24) is 0 Å². The monoisotopic (exact) mass is 462 g/mol. The molecule has 9 heteroatoms. The van der Waals surface area contributed by atoms with E-state index < -0.39 is 17.0 Å². The van der Waals surface area contributed by atoms with Crippen molar-refractivity contribution in [1.29, 1.82) is 0 Å². The Morgan fingerprint density at radius 3 is 2.21 bits per heavy atom. The Balaban J connectivity index is 1.62. The Morgan fingerprint density at radius 2 is 1.65 bits per heavy atom. The topological polar surface area (TPSA) is 119 Å². The zero-order chi connectivity index (χ0) is 24.2. The normalized spacial score (nSPS) is 12.0. The molecule has 0 heterocycles. The summed E-state index contributed by atoms with van der Waals surface area (Å²) in [5.41, 5.74) is 3.48. The molecule has 0 radical (unpaired) electrons. The van der Waals surface area contributed by atoms with Crippen molar-refractivity contribution in [2.24, 2.45) is 0 Å². The van der Waals surface area contributed by atoms with Crippen LogP contribution in [0.2, 0.25) is 0 Å². The standard InChI is InChI=1S/C25H22N2O7/c1-33-13-12-26(23-11-10-16(27(31)32)14-21(23)24(28)29)25(30)34-15-22-19-8-4-2-6-17(19)18-7-3-5-9-20(18)22/h2-11,14,22H,12-13,15H2,1H3,(H,28,29). The lowest BCUT2D eigenvalue weighted by Crippen LogP contribution is -2.36. The van der Waals surface area contributed by atoms with E-state index in [2.05, 4.69) is 0 Å². The molecule has 0 saturated carbocycles. The second-order valence-electron chi connectivity index (χ2n) is 7.71. The van der Waals surface area contributed by atoms with Gasteiger partial charge in [0.2, 0.25) is 0 Å². The van der Waals surface area contributed by atoms with E-state index >= 15 is 0 Å². The van der Waals surface area contributed by atoms with Gasteiger partial charge in [0.15, 0.2) is 0 Å². The van der Waals surface area contributed by atoms with Crippen LogP contribution in [-0.2, 0) is 9.47 Å². The number of fused-ring (bicyclic) bond motifs is 3. The van der Waals surface area contributed by atoms with Crippen molar-refractivity contribution >= 4 is 23.4 Å². The lowest BCUT2D eigenvalue weighted by Gasteiger charge is -2.24. The average Bonchev–Trinajstić information content (AvgIpc) is 3.16. The fraction of sp³-hybridized carbons (Fsp3) is 0.200. The van der Waals surface area contributed by atoms with Crippen LogP contribution in [0.5, 0.6) is 0 Å². The third kappa shape index (κ3) is 4.33. The summed E-state index contributed by atoms with van der Waals surface area (Å²) in [5, 5.41) is 20.7. The first-order valence-corrected chi connectivity index (χ1v) is 10.6. The number of nitro groups is 1. The molecule has 0 spiro atoms. The highest BCUT2D eigenvalue weighted by Gasteiger charge is 2.31. The van der Waals surface area contributed by atoms with E-state index in [1.807, 2.05) is 48.5 Å². The molecule has 0 saturated heterocycles. The van der Waals surface area contributed by atoms with E-state index in [0.717, 1.165) is 39.3 Å². The predicted octanol–water partition coefficient (Wildman–Crippen LogP) is 4.69. The Labute approximate surface area is 195 Å². The van der Waals surface area contributed by atoms with Crippen molar-refractivity contribution in [3.05, 3.63) is 93.5 Å². The lowest BCUT2D eigenvalue weighted by molar-refractivity contribution is -0.384. The minimum atomic E-state index is -1.40. The number of aromatic carboxylic acids is 1. The number of anilines is 1. The fourth-order valence-corrected chi connectivity index (χ4v) is 4.21. The van der Waals surface area contributed by atoms with Crippen molar-refractivity contribution in [2.75, 3.05) is 31.8 Å². The quantitative estimate of drug-likeness (QED) is 0.381. The summed E-state index contributed by atoms with van der Waals surface area (Å²) < 4.78 is 10.7. The Hall–Kier alpha value is -4.24. The molecule has 0 fully saturated rings. The van der Waals surface area contributed by atoms with Gasteiger partial charge in [-0.25, -0.2) is 9.59 Å². The molecule has 1 N–H and O–H groups in total. The molecule has 174 valence electrons. The first kappa shape index (κ1) is 22.9. The molecule has 3 aromatic rings. The Kier molecular flexibility index (Phi) is 6.55. The number of carbonyl (C=O) groups excluding carboxylic acids is 1. The first-order valence-electron chi connectivity index (χ1n) is 10.6. The number of rotatable bonds is 8. The molecule has 1 amide bonds. The molecule has 1 aliphatic carbocycles. The van der Waals surface area contributed by atoms with Crippen LogP contribution < -0.4 is 4.90 Å². The fourth-order valence-electron chi connectivity index (χ4n) is 4.21. The third-order valence-electron chi connectivity index (χ3n) is 5.79. The smallest absolute Gasteiger partial charge is 0.414 e. The predicted molar refractivity (Wildman–Crippen MR) is 124 cm³/mol. The van der Waals surface area contributed by atoms with Gasteiger partial charge >= 0.3 is 12.1 Å². The van der Waals surface area contributed by atoms with Crippen LogP contribution in [0.1, 0.15) is 27.4 Å². The maximum Gasteiger partial charge on any atom is 0.414 e. The Bertz CT molecular complexity index is 1210. The van der Waals surface area contributed by atoms with Gasteiger partial charge in [-0.05, 0) is 28.3 Å². The summed E-state index contributed by atoms with van der Waals surface area (Å²) in [6, 6.07) is 19.1. The van der Waals surface area contributed by atoms with E-state index in [9.17, 15) is 24.8 Å². The molecule has 4 rings (SSSR count). The van der Waals surface area contributed by atoms with Crippen molar-refractivity contribution in [3.8, 4) is 11.1 Å². The van der Waals surface area contributed by atoms with Gasteiger partial charge in [0.25, 0.3) is 5.69 Å². The molecule has 3 aromatic carbocycles. The van der Waals surface area contributed by atoms with Crippen LogP contribution in [0.3, 0.4) is 0 Å². The van der Waals surface area contributed by atoms with Crippen LogP contribution in [0.25, 0.3) is 11.1 Å². The van der Waals surface area contributed by atoms with Gasteiger partial charge in [0.05, 0.1) is 29.3 Å². The molecule has 0 bridgehead atoms. The molecule has 0 aromatic heterocycles. The van der Waals surface area contributed by atoms with Gasteiger partial charge in [0.1, 0.15) is 6.61 Å². The van der Waals surface area contributed by atoms with E-state index in [-0.39, 0.29) is 42.6 Å². The maximum absolute atomic E-state index is 13.1. The number of nitro benzene ring substituents is 1. The van der Waals surface area contributed by atoms with Gasteiger partial charge in [-0.2, -0.15) is 0 Å². The minimum absolute atomic E-state index is 0.00522. The van der Waals surface area contributed by atoms with Crippen LogP contribution in [0, 0.1) is 10.1 Å². The maximum atomic E-state index is 13.1. The zero-order valence-corrected chi connectivity index (χ0v) is 18.3. The summed E-state index contributed by atoms with van der Waals surface area (Å²) in [6.45, 7) is 0.164. The summed E-state index contributed by atoms with van der Waals surface area (Å²) in [5.74, 6) is -1.57. The molecular weight excluding hydrogens is 440 g/mol. The highest BCUT2D eigenvalue weighted by Crippen LogP contribution is 2.44. The van der Waals surface area contributed by atoms with E-state index in [4.69, 9.17) is 9.47 Å². The second-order valence-corrected chi connectivity index (χ2v) is 7.71. The number of amides is 1. The highest BCUT2D eigenvalue weighted by atomic mass is 16.6. The largest absolute Gasteiger partial charge is 0.478 e. The van der Waals surface area contributed by atoms with E-state index in [0.29, 0.717) is 0 Å². The molecule has 0 aliphatic heterocycles. The van der Waals surface area contributed by atoms with Gasteiger partial charge in [-0.15, -0.1) is 0 Å². The average molecular weight is 462 g/mol. The number of benzene rings is 3. The molecule has 1 aliphatic rings. The van der Waals surface area contributed by atoms with Crippen LogP contribution in [0.4, 0.5) is 16.2 Å². The number of carboxylic acid groups (broad SMARTS) is 1. The summed E-state index contributed by atoms with van der Waals surface area (Å²) in [7, 11) is 1.45. The number of hydrogen-bond acceptors (Lipinski definition) is 6. The van der Waals surface area contributed by atoms with Crippen LogP contribution in [-0.4, -0.2) is 49.0 Å². The second kappa shape index (κ2) is 9.72. The number of ether oxygens (including phenoxy) is 2. The van der Waals surface area contributed by atoms with Crippen molar-refractivity contribution < 1.29 is 29.1 Å². The molecule has 0 atom stereocenters. The zero-order valence-electron chi connectivity index (χ0n) is 18.3. The molecule has 9 nitrogen and oxygen atoms in total. The highest BCUT2D eigenvalue weighted by molar-refractivity contribution is 6.00. The SMILES string of the molecule is COCCN(C(=O)OCC1c2ccccc2-c2ccccc21)c1ccc([N+](=O)[O-])cc1C(=O)O. The number of nitrogens with zero attached hydrogens (tertiary/aromatic N) is 2. The van der Waals surface area contributed by atoms with E-state index in [1.165, 1.54) is 13.2 Å². The van der Waals surface area contributed by atoms with Crippen molar-refractivity contribution in [2.45, 2.75) is 5.92 Å². The number of non-ortho nitro benzene ring substituents is 1. The van der Waals surface area contributed by atoms with Gasteiger partial charge in [0, 0.05) is 25.2 Å². The molecular formula is C25H22N2O7. The number of carbonyl (C=O) groups is 2. The van der Waals surface area contributed by atoms with Crippen LogP contribution in [0.15, 0.2) is 66.7 Å². The summed E-state index contributed by atoms with van der Waals surface area (Å²) >= 11 is 0. The number of methoxy groups -OCH3 is 1. The van der Waals surface area contributed by atoms with Gasteiger partial charge in [-0.3, -0.25) is 15.0 Å². The van der Waals surface area contributed by atoms with Gasteiger partial charge in [-0.1, -0.05) is 48.5 Å². The van der Waals surface area contributed by atoms with Gasteiger partial charge < -0.3 is 14.6 Å². The number of hydrogen-bond donors (Lipinski definition) is 1. The minimum Gasteiger partial charge on any atom is -0.478 e. The molecule has 34 heavy (non-hydrogen) atoms. The molecule has 0 unspecified atom stereocenters. The first-order chi connectivity index (χ1) is 16.4.